The monoisotopic (exact) mass is 568 g/mol. The Morgan fingerprint density at radius 3 is 2.35 bits per heavy atom. The van der Waals surface area contributed by atoms with Gasteiger partial charge in [-0.05, 0) is 55.2 Å². The third-order valence-electron chi connectivity index (χ3n) is 5.58. The van der Waals surface area contributed by atoms with Gasteiger partial charge in [-0.1, -0.05) is 12.8 Å². The molecule has 2 unspecified atom stereocenters. The van der Waals surface area contributed by atoms with Crippen LogP contribution in [0, 0.1) is 23.2 Å². The minimum atomic E-state index is -3.67. The number of anilines is 1. The number of hydrogen-bond acceptors (Lipinski definition) is 9. The zero-order valence-corrected chi connectivity index (χ0v) is 23.0. The van der Waals surface area contributed by atoms with Crippen LogP contribution in [-0.4, -0.2) is 63.1 Å². The molecule has 1 saturated carbocycles. The maximum atomic E-state index is 13.0. The quantitative estimate of drug-likeness (QED) is 0.168. The highest BCUT2D eigenvalue weighted by atomic mass is 32.2. The minimum absolute atomic E-state index is 0.0417. The SMILES string of the molecule is CS(=O)(=O)O.N#CCNC(=O)C1CCCCC1CS(=O)(=O)c1ccc(SCCNc2ccncc2)cc1. The molecule has 1 amide bonds. The number of sulfone groups is 1. The van der Waals surface area contributed by atoms with E-state index in [0.29, 0.717) is 24.0 Å². The van der Waals surface area contributed by atoms with Crippen LogP contribution < -0.4 is 10.6 Å². The molecule has 0 radical (unpaired) electrons. The van der Waals surface area contributed by atoms with Crippen LogP contribution in [-0.2, 0) is 24.7 Å². The van der Waals surface area contributed by atoms with E-state index in [9.17, 15) is 21.6 Å². The summed E-state index contributed by atoms with van der Waals surface area (Å²) in [4.78, 5) is 17.7. The fourth-order valence-electron chi connectivity index (χ4n) is 3.97. The van der Waals surface area contributed by atoms with E-state index >= 15 is 0 Å². The largest absolute Gasteiger partial charge is 0.384 e. The number of nitriles is 1. The standard InChI is InChI=1S/C23H28N4O3S2.CH4O3S/c24-11-14-27-23(28)22-4-2-1-3-18(22)17-32(29,30)21-7-5-20(6-8-21)31-16-15-26-19-9-12-25-13-10-19;1-5(2,3)4/h5-10,12-13,18,22H,1-4,14-17H2,(H,25,26)(H,27,28);1H3,(H,2,3,4). The Balaban J connectivity index is 0.000000877. The van der Waals surface area contributed by atoms with Crippen molar-refractivity contribution >= 4 is 43.3 Å². The second-order valence-electron chi connectivity index (χ2n) is 8.52. The Kier molecular flexibility index (Phi) is 12.3. The van der Waals surface area contributed by atoms with Gasteiger partial charge >= 0.3 is 0 Å². The first-order valence-corrected chi connectivity index (χ1v) is 16.1. The first kappa shape index (κ1) is 30.6. The van der Waals surface area contributed by atoms with Crippen molar-refractivity contribution < 1.29 is 26.2 Å². The fourth-order valence-corrected chi connectivity index (χ4v) is 6.44. The van der Waals surface area contributed by atoms with Crippen LogP contribution in [0.3, 0.4) is 0 Å². The van der Waals surface area contributed by atoms with E-state index in [1.54, 1.807) is 36.3 Å². The summed E-state index contributed by atoms with van der Waals surface area (Å²) in [6, 6.07) is 12.7. The molecule has 1 aromatic carbocycles. The minimum Gasteiger partial charge on any atom is -0.384 e. The van der Waals surface area contributed by atoms with Crippen LogP contribution in [0.2, 0.25) is 0 Å². The van der Waals surface area contributed by atoms with Crippen molar-refractivity contribution in [2.45, 2.75) is 35.5 Å². The highest BCUT2D eigenvalue weighted by Crippen LogP contribution is 2.33. The molecule has 2 aromatic rings. The van der Waals surface area contributed by atoms with Gasteiger partial charge in [0.25, 0.3) is 10.1 Å². The lowest BCUT2D eigenvalue weighted by molar-refractivity contribution is -0.127. The van der Waals surface area contributed by atoms with E-state index in [4.69, 9.17) is 9.81 Å². The summed E-state index contributed by atoms with van der Waals surface area (Å²) in [6.07, 6.45) is 7.40. The van der Waals surface area contributed by atoms with Crippen molar-refractivity contribution in [3.05, 3.63) is 48.8 Å². The predicted molar refractivity (Wildman–Crippen MR) is 143 cm³/mol. The summed E-state index contributed by atoms with van der Waals surface area (Å²) in [6.45, 7) is 0.734. The number of pyridine rings is 1. The summed E-state index contributed by atoms with van der Waals surface area (Å²) in [7, 11) is -7.16. The van der Waals surface area contributed by atoms with E-state index in [1.165, 1.54) is 0 Å². The van der Waals surface area contributed by atoms with Gasteiger partial charge in [-0.2, -0.15) is 13.7 Å². The number of amides is 1. The van der Waals surface area contributed by atoms with Crippen molar-refractivity contribution in [2.24, 2.45) is 11.8 Å². The summed E-state index contributed by atoms with van der Waals surface area (Å²) in [5.41, 5.74) is 1.02. The van der Waals surface area contributed by atoms with Crippen LogP contribution >= 0.6 is 11.8 Å². The molecule has 37 heavy (non-hydrogen) atoms. The highest BCUT2D eigenvalue weighted by molar-refractivity contribution is 7.99. The van der Waals surface area contributed by atoms with Gasteiger partial charge in [-0.3, -0.25) is 14.3 Å². The number of rotatable bonds is 10. The second-order valence-corrected chi connectivity index (χ2v) is 13.2. The normalized spacial score (nSPS) is 17.5. The van der Waals surface area contributed by atoms with Crippen molar-refractivity contribution in [1.29, 1.82) is 5.26 Å². The third-order valence-corrected chi connectivity index (χ3v) is 8.46. The second kappa shape index (κ2) is 14.9. The molecule has 3 N–H and O–H groups in total. The smallest absolute Gasteiger partial charge is 0.261 e. The van der Waals surface area contributed by atoms with Crippen LogP contribution in [0.15, 0.2) is 58.6 Å². The summed E-state index contributed by atoms with van der Waals surface area (Å²) >= 11 is 1.65. The van der Waals surface area contributed by atoms with Crippen molar-refractivity contribution in [2.75, 3.05) is 36.2 Å². The lowest BCUT2D eigenvalue weighted by atomic mass is 9.80. The molecule has 2 atom stereocenters. The number of nitrogens with zero attached hydrogens (tertiary/aromatic N) is 2. The molecule has 202 valence electrons. The molecule has 3 rings (SSSR count). The van der Waals surface area contributed by atoms with Gasteiger partial charge < -0.3 is 10.6 Å². The Hall–Kier alpha value is -2.66. The number of thioether (sulfide) groups is 1. The Morgan fingerprint density at radius 1 is 1.11 bits per heavy atom. The Morgan fingerprint density at radius 2 is 1.73 bits per heavy atom. The molecular weight excluding hydrogens is 536 g/mol. The van der Waals surface area contributed by atoms with Gasteiger partial charge in [0.2, 0.25) is 5.91 Å². The predicted octanol–water partition coefficient (Wildman–Crippen LogP) is 3.01. The maximum absolute atomic E-state index is 13.0. The number of carbonyl (C=O) groups excluding carboxylic acids is 1. The van der Waals surface area contributed by atoms with Gasteiger partial charge in [-0.25, -0.2) is 8.42 Å². The molecule has 10 nitrogen and oxygen atoms in total. The van der Waals surface area contributed by atoms with Crippen LogP contribution in [0.25, 0.3) is 0 Å². The molecule has 1 aliphatic carbocycles. The van der Waals surface area contributed by atoms with E-state index in [-0.39, 0.29) is 30.0 Å². The van der Waals surface area contributed by atoms with Gasteiger partial charge in [0, 0.05) is 41.2 Å². The number of carbonyl (C=O) groups is 1. The molecule has 1 aromatic heterocycles. The molecule has 0 saturated heterocycles. The van der Waals surface area contributed by atoms with Crippen LogP contribution in [0.4, 0.5) is 5.69 Å². The van der Waals surface area contributed by atoms with E-state index in [0.717, 1.165) is 35.7 Å². The van der Waals surface area contributed by atoms with E-state index in [1.807, 2.05) is 30.3 Å². The number of hydrogen-bond donors (Lipinski definition) is 3. The summed E-state index contributed by atoms with van der Waals surface area (Å²) < 4.78 is 51.9. The molecular formula is C24H32N4O6S3. The zero-order chi connectivity index (χ0) is 27.3. The molecule has 0 aliphatic heterocycles. The lowest BCUT2D eigenvalue weighted by Gasteiger charge is -2.30. The van der Waals surface area contributed by atoms with E-state index < -0.39 is 20.0 Å². The lowest BCUT2D eigenvalue weighted by Crippen LogP contribution is -2.39. The highest BCUT2D eigenvalue weighted by Gasteiger charge is 2.34. The molecule has 1 fully saturated rings. The average molecular weight is 569 g/mol. The molecule has 0 spiro atoms. The average Bonchev–Trinajstić information content (AvgIpc) is 2.85. The molecule has 1 aliphatic rings. The van der Waals surface area contributed by atoms with Gasteiger partial charge in [0.05, 0.1) is 23.0 Å². The summed E-state index contributed by atoms with van der Waals surface area (Å²) in [5, 5.41) is 14.6. The van der Waals surface area contributed by atoms with Crippen molar-refractivity contribution in [1.82, 2.24) is 10.3 Å². The first-order valence-electron chi connectivity index (χ1n) is 11.7. The van der Waals surface area contributed by atoms with Crippen LogP contribution in [0.5, 0.6) is 0 Å². The maximum Gasteiger partial charge on any atom is 0.261 e. The van der Waals surface area contributed by atoms with Crippen molar-refractivity contribution in [3.8, 4) is 6.07 Å². The van der Waals surface area contributed by atoms with Crippen LogP contribution in [0.1, 0.15) is 25.7 Å². The first-order chi connectivity index (χ1) is 17.5. The Bertz CT molecular complexity index is 1240. The van der Waals surface area contributed by atoms with E-state index in [2.05, 4.69) is 15.6 Å². The molecule has 0 bridgehead atoms. The molecule has 1 heterocycles. The Labute approximate surface area is 222 Å². The number of benzene rings is 1. The van der Waals surface area contributed by atoms with Crippen molar-refractivity contribution in [3.63, 3.8) is 0 Å². The number of nitrogens with one attached hydrogen (secondary N) is 2. The zero-order valence-electron chi connectivity index (χ0n) is 20.5. The number of aromatic nitrogens is 1. The van der Waals surface area contributed by atoms with Gasteiger partial charge in [0.1, 0.15) is 6.54 Å². The van der Waals surface area contributed by atoms with Gasteiger partial charge in [-0.15, -0.1) is 11.8 Å². The third kappa shape index (κ3) is 12.0. The van der Waals surface area contributed by atoms with Gasteiger partial charge in [0.15, 0.2) is 9.84 Å². The fraction of sp³-hybridized carbons (Fsp3) is 0.458. The topological polar surface area (TPSA) is 166 Å². The molecule has 13 heteroatoms. The summed E-state index contributed by atoms with van der Waals surface area (Å²) in [5.74, 6) is 0.0182.